The highest BCUT2D eigenvalue weighted by Crippen LogP contribution is 2.23. The monoisotopic (exact) mass is 324 g/mol. The van der Waals surface area contributed by atoms with Gasteiger partial charge in [-0.25, -0.2) is 4.79 Å². The standard InChI is InChI=1S/C20H24N2O2/c1-22-14-12-18(13-15-22)24-20(23)19(16-8-4-2-5-9-16)21-17-10-6-3-7-11-17/h2-11,18-19,21H,12-15H2,1H3. The zero-order valence-electron chi connectivity index (χ0n) is 14.0. The number of piperidine rings is 1. The summed E-state index contributed by atoms with van der Waals surface area (Å²) in [6, 6.07) is 19.0. The molecule has 2 aromatic carbocycles. The molecule has 0 bridgehead atoms. The first-order chi connectivity index (χ1) is 11.7. The Bertz CT molecular complexity index is 637. The van der Waals surface area contributed by atoms with E-state index < -0.39 is 6.04 Å². The minimum atomic E-state index is -0.492. The van der Waals surface area contributed by atoms with Gasteiger partial charge in [-0.05, 0) is 37.6 Å². The van der Waals surface area contributed by atoms with Crippen LogP contribution in [0.1, 0.15) is 24.4 Å². The number of esters is 1. The van der Waals surface area contributed by atoms with E-state index in [2.05, 4.69) is 17.3 Å². The maximum absolute atomic E-state index is 12.8. The van der Waals surface area contributed by atoms with Crippen molar-refractivity contribution >= 4 is 11.7 Å². The minimum Gasteiger partial charge on any atom is -0.460 e. The van der Waals surface area contributed by atoms with Gasteiger partial charge in [0.2, 0.25) is 0 Å². The first-order valence-corrected chi connectivity index (χ1v) is 8.48. The molecule has 24 heavy (non-hydrogen) atoms. The van der Waals surface area contributed by atoms with Crippen molar-refractivity contribution in [2.75, 3.05) is 25.5 Å². The largest absolute Gasteiger partial charge is 0.460 e. The fourth-order valence-electron chi connectivity index (χ4n) is 2.96. The van der Waals surface area contributed by atoms with Crippen LogP contribution < -0.4 is 5.32 Å². The highest BCUT2D eigenvalue weighted by atomic mass is 16.5. The normalized spacial score (nSPS) is 17.2. The van der Waals surface area contributed by atoms with Crippen LogP contribution in [0.25, 0.3) is 0 Å². The lowest BCUT2D eigenvalue weighted by atomic mass is 10.1. The Balaban J connectivity index is 1.73. The summed E-state index contributed by atoms with van der Waals surface area (Å²) < 4.78 is 5.80. The number of benzene rings is 2. The Hall–Kier alpha value is -2.33. The van der Waals surface area contributed by atoms with Gasteiger partial charge in [-0.2, -0.15) is 0 Å². The van der Waals surface area contributed by atoms with Crippen molar-refractivity contribution in [2.45, 2.75) is 25.0 Å². The molecule has 1 aliphatic heterocycles. The molecule has 0 saturated carbocycles. The van der Waals surface area contributed by atoms with E-state index in [0.717, 1.165) is 37.2 Å². The predicted molar refractivity (Wildman–Crippen MR) is 95.9 cm³/mol. The van der Waals surface area contributed by atoms with E-state index in [-0.39, 0.29) is 12.1 Å². The SMILES string of the molecule is CN1CCC(OC(=O)C(Nc2ccccc2)c2ccccc2)CC1. The molecule has 3 rings (SSSR count). The summed E-state index contributed by atoms with van der Waals surface area (Å²) in [4.78, 5) is 15.1. The van der Waals surface area contributed by atoms with Crippen LogP contribution in [0.4, 0.5) is 5.69 Å². The van der Waals surface area contributed by atoms with Crippen molar-refractivity contribution in [3.05, 3.63) is 66.2 Å². The van der Waals surface area contributed by atoms with Gasteiger partial charge < -0.3 is 15.0 Å². The Morgan fingerprint density at radius 1 is 1.04 bits per heavy atom. The Morgan fingerprint density at radius 2 is 1.62 bits per heavy atom. The molecule has 1 saturated heterocycles. The highest BCUT2D eigenvalue weighted by molar-refractivity contribution is 5.81. The van der Waals surface area contributed by atoms with Gasteiger partial charge in [0.05, 0.1) is 0 Å². The van der Waals surface area contributed by atoms with Crippen molar-refractivity contribution < 1.29 is 9.53 Å². The second kappa shape index (κ2) is 7.97. The number of ether oxygens (including phenoxy) is 1. The third-order valence-electron chi connectivity index (χ3n) is 4.40. The summed E-state index contributed by atoms with van der Waals surface area (Å²) in [5.41, 5.74) is 1.82. The number of rotatable bonds is 5. The second-order valence-corrected chi connectivity index (χ2v) is 6.29. The van der Waals surface area contributed by atoms with Crippen LogP contribution in [0, 0.1) is 0 Å². The fraction of sp³-hybridized carbons (Fsp3) is 0.350. The molecule has 1 unspecified atom stereocenters. The number of hydrogen-bond donors (Lipinski definition) is 1. The molecule has 0 aliphatic carbocycles. The molecule has 0 aromatic heterocycles. The van der Waals surface area contributed by atoms with E-state index in [4.69, 9.17) is 4.74 Å². The summed E-state index contributed by atoms with van der Waals surface area (Å²) in [7, 11) is 2.10. The molecule has 2 aromatic rings. The first kappa shape index (κ1) is 16.5. The number of likely N-dealkylation sites (tertiary alicyclic amines) is 1. The Kier molecular flexibility index (Phi) is 5.49. The van der Waals surface area contributed by atoms with E-state index in [1.165, 1.54) is 0 Å². The van der Waals surface area contributed by atoms with Gasteiger partial charge in [0.25, 0.3) is 0 Å². The number of nitrogens with one attached hydrogen (secondary N) is 1. The summed E-state index contributed by atoms with van der Waals surface area (Å²) in [5, 5.41) is 3.31. The predicted octanol–water partition coefficient (Wildman–Crippen LogP) is 3.48. The quantitative estimate of drug-likeness (QED) is 0.855. The van der Waals surface area contributed by atoms with Crippen LogP contribution in [0.15, 0.2) is 60.7 Å². The summed E-state index contributed by atoms with van der Waals surface area (Å²) in [5.74, 6) is -0.209. The van der Waals surface area contributed by atoms with E-state index >= 15 is 0 Å². The van der Waals surface area contributed by atoms with Gasteiger partial charge in [-0.3, -0.25) is 0 Å². The molecule has 4 heteroatoms. The maximum Gasteiger partial charge on any atom is 0.333 e. The van der Waals surface area contributed by atoms with Crippen molar-refractivity contribution in [3.8, 4) is 0 Å². The molecular weight excluding hydrogens is 300 g/mol. The van der Waals surface area contributed by atoms with Gasteiger partial charge in [0, 0.05) is 18.8 Å². The van der Waals surface area contributed by atoms with Gasteiger partial charge in [0.1, 0.15) is 6.10 Å². The first-order valence-electron chi connectivity index (χ1n) is 8.48. The molecular formula is C20H24N2O2. The van der Waals surface area contributed by atoms with Gasteiger partial charge >= 0.3 is 5.97 Å². The molecule has 0 amide bonds. The molecule has 0 spiro atoms. The average Bonchev–Trinajstić information content (AvgIpc) is 2.63. The zero-order valence-corrected chi connectivity index (χ0v) is 14.0. The number of anilines is 1. The lowest BCUT2D eigenvalue weighted by molar-refractivity contribution is -0.152. The molecule has 0 radical (unpaired) electrons. The number of carbonyl (C=O) groups excluding carboxylic acids is 1. The van der Waals surface area contributed by atoms with Gasteiger partial charge in [0.15, 0.2) is 6.04 Å². The Labute approximate surface area is 143 Å². The summed E-state index contributed by atoms with van der Waals surface area (Å²) in [6.07, 6.45) is 1.81. The van der Waals surface area contributed by atoms with Gasteiger partial charge in [-0.1, -0.05) is 48.5 Å². The smallest absolute Gasteiger partial charge is 0.333 e. The molecule has 1 heterocycles. The number of para-hydroxylation sites is 1. The third-order valence-corrected chi connectivity index (χ3v) is 4.40. The number of hydrogen-bond acceptors (Lipinski definition) is 4. The summed E-state index contributed by atoms with van der Waals surface area (Å²) in [6.45, 7) is 1.94. The molecule has 1 atom stereocenters. The van der Waals surface area contributed by atoms with Crippen LogP contribution in [-0.2, 0) is 9.53 Å². The maximum atomic E-state index is 12.8. The molecule has 4 nitrogen and oxygen atoms in total. The van der Waals surface area contributed by atoms with Crippen LogP contribution in [-0.4, -0.2) is 37.1 Å². The van der Waals surface area contributed by atoms with Crippen molar-refractivity contribution in [1.82, 2.24) is 4.90 Å². The van der Waals surface area contributed by atoms with Crippen molar-refractivity contribution in [2.24, 2.45) is 0 Å². The number of nitrogens with zero attached hydrogens (tertiary/aromatic N) is 1. The fourth-order valence-corrected chi connectivity index (χ4v) is 2.96. The van der Waals surface area contributed by atoms with Crippen LogP contribution >= 0.6 is 0 Å². The topological polar surface area (TPSA) is 41.6 Å². The van der Waals surface area contributed by atoms with Crippen LogP contribution in [0.3, 0.4) is 0 Å². The van der Waals surface area contributed by atoms with E-state index in [0.29, 0.717) is 0 Å². The Morgan fingerprint density at radius 3 is 2.25 bits per heavy atom. The van der Waals surface area contributed by atoms with E-state index in [1.807, 2.05) is 60.7 Å². The van der Waals surface area contributed by atoms with Gasteiger partial charge in [-0.15, -0.1) is 0 Å². The molecule has 1 fully saturated rings. The van der Waals surface area contributed by atoms with E-state index in [1.54, 1.807) is 0 Å². The van der Waals surface area contributed by atoms with Crippen molar-refractivity contribution in [3.63, 3.8) is 0 Å². The van der Waals surface area contributed by atoms with Crippen molar-refractivity contribution in [1.29, 1.82) is 0 Å². The zero-order chi connectivity index (χ0) is 16.8. The highest BCUT2D eigenvalue weighted by Gasteiger charge is 2.27. The average molecular weight is 324 g/mol. The lowest BCUT2D eigenvalue weighted by Crippen LogP contribution is -2.37. The second-order valence-electron chi connectivity index (χ2n) is 6.29. The van der Waals surface area contributed by atoms with E-state index in [9.17, 15) is 4.79 Å². The van der Waals surface area contributed by atoms with Crippen LogP contribution in [0.5, 0.6) is 0 Å². The lowest BCUT2D eigenvalue weighted by Gasteiger charge is -2.30. The molecule has 126 valence electrons. The third kappa shape index (κ3) is 4.36. The molecule has 1 N–H and O–H groups in total. The molecule has 1 aliphatic rings. The summed E-state index contributed by atoms with van der Waals surface area (Å²) >= 11 is 0. The minimum absolute atomic E-state index is 0.0116. The van der Waals surface area contributed by atoms with Crippen LogP contribution in [0.2, 0.25) is 0 Å². The number of carbonyl (C=O) groups is 1.